The van der Waals surface area contributed by atoms with Crippen LogP contribution >= 0.6 is 0 Å². The molecule has 0 aliphatic rings. The minimum Gasteiger partial charge on any atom is -0.494 e. The molecule has 1 aromatic carbocycles. The summed E-state index contributed by atoms with van der Waals surface area (Å²) in [6.07, 6.45) is -1.61. The maximum Gasteiger partial charge on any atom is 0.573 e. The lowest BCUT2D eigenvalue weighted by molar-refractivity contribution is -0.274. The average Bonchev–Trinajstić information content (AvgIpc) is 2.37. The largest absolute Gasteiger partial charge is 0.573 e. The third-order valence-electron chi connectivity index (χ3n) is 2.70. The molecular formula is C15H22F3NO2. The van der Waals surface area contributed by atoms with E-state index < -0.39 is 6.36 Å². The van der Waals surface area contributed by atoms with E-state index in [0.29, 0.717) is 18.4 Å². The number of benzene rings is 1. The molecule has 0 saturated heterocycles. The average molecular weight is 305 g/mol. The van der Waals surface area contributed by atoms with Gasteiger partial charge in [-0.05, 0) is 50.1 Å². The van der Waals surface area contributed by atoms with Gasteiger partial charge in [0, 0.05) is 6.04 Å². The summed E-state index contributed by atoms with van der Waals surface area (Å²) < 4.78 is 45.2. The predicted octanol–water partition coefficient (Wildman–Crippen LogP) is 4.13. The van der Waals surface area contributed by atoms with Gasteiger partial charge in [-0.15, -0.1) is 13.2 Å². The van der Waals surface area contributed by atoms with Crippen molar-refractivity contribution in [2.24, 2.45) is 0 Å². The molecule has 0 amide bonds. The minimum atomic E-state index is -4.66. The van der Waals surface area contributed by atoms with Crippen LogP contribution in [-0.4, -0.2) is 25.6 Å². The van der Waals surface area contributed by atoms with Crippen LogP contribution in [0.2, 0.25) is 0 Å². The quantitative estimate of drug-likeness (QED) is 0.696. The van der Waals surface area contributed by atoms with Crippen molar-refractivity contribution in [3.05, 3.63) is 24.3 Å². The molecule has 21 heavy (non-hydrogen) atoms. The van der Waals surface area contributed by atoms with Crippen molar-refractivity contribution in [2.75, 3.05) is 13.2 Å². The summed E-state index contributed by atoms with van der Waals surface area (Å²) in [4.78, 5) is 0. The van der Waals surface area contributed by atoms with Gasteiger partial charge in [0.1, 0.15) is 11.5 Å². The standard InChI is InChI=1S/C15H22F3NO2/c1-12(2)19-10-4-3-5-11-20-13-6-8-14(9-7-13)21-15(16,17)18/h6-9,12,19H,3-5,10-11H2,1-2H3. The van der Waals surface area contributed by atoms with Crippen LogP contribution in [0.3, 0.4) is 0 Å². The van der Waals surface area contributed by atoms with Crippen LogP contribution in [0.1, 0.15) is 33.1 Å². The lowest BCUT2D eigenvalue weighted by atomic mass is 10.2. The molecule has 0 saturated carbocycles. The Labute approximate surface area is 123 Å². The number of alkyl halides is 3. The Morgan fingerprint density at radius 3 is 2.19 bits per heavy atom. The molecule has 0 bridgehead atoms. The van der Waals surface area contributed by atoms with Crippen LogP contribution in [0.15, 0.2) is 24.3 Å². The maximum absolute atomic E-state index is 12.0. The van der Waals surface area contributed by atoms with E-state index in [1.54, 1.807) is 0 Å². The zero-order valence-electron chi connectivity index (χ0n) is 12.4. The Morgan fingerprint density at radius 1 is 1.00 bits per heavy atom. The Bertz CT molecular complexity index is 391. The maximum atomic E-state index is 12.0. The highest BCUT2D eigenvalue weighted by atomic mass is 19.4. The summed E-state index contributed by atoms with van der Waals surface area (Å²) in [5, 5.41) is 3.33. The van der Waals surface area contributed by atoms with Crippen LogP contribution < -0.4 is 14.8 Å². The second-order valence-corrected chi connectivity index (χ2v) is 5.04. The Balaban J connectivity index is 2.15. The molecule has 3 nitrogen and oxygen atoms in total. The summed E-state index contributed by atoms with van der Waals surface area (Å²) in [5.74, 6) is 0.305. The Morgan fingerprint density at radius 2 is 1.62 bits per heavy atom. The minimum absolute atomic E-state index is 0.241. The van der Waals surface area contributed by atoms with Crippen molar-refractivity contribution < 1.29 is 22.6 Å². The second-order valence-electron chi connectivity index (χ2n) is 5.04. The molecule has 0 aliphatic carbocycles. The van der Waals surface area contributed by atoms with Gasteiger partial charge in [-0.3, -0.25) is 0 Å². The zero-order valence-corrected chi connectivity index (χ0v) is 12.4. The fraction of sp³-hybridized carbons (Fsp3) is 0.600. The zero-order chi connectivity index (χ0) is 15.7. The number of ether oxygens (including phenoxy) is 2. The summed E-state index contributed by atoms with van der Waals surface area (Å²) in [6, 6.07) is 5.94. The van der Waals surface area contributed by atoms with Crippen LogP contribution in [0, 0.1) is 0 Å². The summed E-state index contributed by atoms with van der Waals surface area (Å²) in [6.45, 7) is 5.76. The SMILES string of the molecule is CC(C)NCCCCCOc1ccc(OC(F)(F)F)cc1. The molecule has 0 atom stereocenters. The Hall–Kier alpha value is -1.43. The van der Waals surface area contributed by atoms with E-state index in [2.05, 4.69) is 23.9 Å². The third kappa shape index (κ3) is 9.18. The number of nitrogens with one attached hydrogen (secondary N) is 1. The number of hydrogen-bond acceptors (Lipinski definition) is 3. The van der Waals surface area contributed by atoms with Crippen molar-refractivity contribution in [3.8, 4) is 11.5 Å². The van der Waals surface area contributed by atoms with E-state index in [0.717, 1.165) is 25.8 Å². The molecule has 1 aromatic rings. The highest BCUT2D eigenvalue weighted by Gasteiger charge is 2.30. The van der Waals surface area contributed by atoms with Crippen molar-refractivity contribution >= 4 is 0 Å². The van der Waals surface area contributed by atoms with Gasteiger partial charge in [0.25, 0.3) is 0 Å². The smallest absolute Gasteiger partial charge is 0.494 e. The van der Waals surface area contributed by atoms with Crippen molar-refractivity contribution in [1.82, 2.24) is 5.32 Å². The fourth-order valence-electron chi connectivity index (χ4n) is 1.72. The van der Waals surface area contributed by atoms with Crippen LogP contribution in [0.4, 0.5) is 13.2 Å². The number of halogens is 3. The molecule has 0 heterocycles. The van der Waals surface area contributed by atoms with Gasteiger partial charge in [-0.2, -0.15) is 0 Å². The molecule has 0 aliphatic heterocycles. The van der Waals surface area contributed by atoms with Crippen LogP contribution in [-0.2, 0) is 0 Å². The predicted molar refractivity (Wildman–Crippen MR) is 75.6 cm³/mol. The van der Waals surface area contributed by atoms with Gasteiger partial charge in [-0.1, -0.05) is 13.8 Å². The molecular weight excluding hydrogens is 283 g/mol. The molecule has 0 radical (unpaired) electrons. The second kappa shape index (κ2) is 8.77. The first-order chi connectivity index (χ1) is 9.87. The van der Waals surface area contributed by atoms with Gasteiger partial charge in [0.2, 0.25) is 0 Å². The topological polar surface area (TPSA) is 30.5 Å². The molecule has 120 valence electrons. The lowest BCUT2D eigenvalue weighted by Gasteiger charge is -2.10. The Kier molecular flexibility index (Phi) is 7.36. The van der Waals surface area contributed by atoms with Gasteiger partial charge in [0.15, 0.2) is 0 Å². The van der Waals surface area contributed by atoms with Crippen molar-refractivity contribution in [3.63, 3.8) is 0 Å². The third-order valence-corrected chi connectivity index (χ3v) is 2.70. The van der Waals surface area contributed by atoms with E-state index in [4.69, 9.17) is 4.74 Å². The fourth-order valence-corrected chi connectivity index (χ4v) is 1.72. The number of rotatable bonds is 9. The van der Waals surface area contributed by atoms with E-state index in [9.17, 15) is 13.2 Å². The first-order valence-corrected chi connectivity index (χ1v) is 7.09. The molecule has 0 aromatic heterocycles. The first kappa shape index (κ1) is 17.6. The van der Waals surface area contributed by atoms with Crippen LogP contribution in [0.5, 0.6) is 11.5 Å². The van der Waals surface area contributed by atoms with E-state index in [1.165, 1.54) is 24.3 Å². The van der Waals surface area contributed by atoms with Gasteiger partial charge >= 0.3 is 6.36 Å². The summed E-state index contributed by atoms with van der Waals surface area (Å²) in [5.41, 5.74) is 0. The normalized spacial score (nSPS) is 11.7. The summed E-state index contributed by atoms with van der Waals surface area (Å²) in [7, 11) is 0. The van der Waals surface area contributed by atoms with Gasteiger partial charge in [0.05, 0.1) is 6.61 Å². The highest BCUT2D eigenvalue weighted by molar-refractivity contribution is 5.31. The molecule has 0 fully saturated rings. The molecule has 6 heteroatoms. The molecule has 0 unspecified atom stereocenters. The van der Waals surface area contributed by atoms with Crippen LogP contribution in [0.25, 0.3) is 0 Å². The number of hydrogen-bond donors (Lipinski definition) is 1. The van der Waals surface area contributed by atoms with E-state index in [-0.39, 0.29) is 5.75 Å². The van der Waals surface area contributed by atoms with E-state index in [1.807, 2.05) is 0 Å². The van der Waals surface area contributed by atoms with Crippen molar-refractivity contribution in [2.45, 2.75) is 45.5 Å². The highest BCUT2D eigenvalue weighted by Crippen LogP contribution is 2.24. The first-order valence-electron chi connectivity index (χ1n) is 7.09. The number of unbranched alkanes of at least 4 members (excludes halogenated alkanes) is 2. The summed E-state index contributed by atoms with van der Waals surface area (Å²) >= 11 is 0. The molecule has 1 N–H and O–H groups in total. The monoisotopic (exact) mass is 305 g/mol. The van der Waals surface area contributed by atoms with Crippen molar-refractivity contribution in [1.29, 1.82) is 0 Å². The molecule has 0 spiro atoms. The lowest BCUT2D eigenvalue weighted by Crippen LogP contribution is -2.23. The van der Waals surface area contributed by atoms with Gasteiger partial charge < -0.3 is 14.8 Å². The molecule has 1 rings (SSSR count). The van der Waals surface area contributed by atoms with Gasteiger partial charge in [-0.25, -0.2) is 0 Å². The van der Waals surface area contributed by atoms with E-state index >= 15 is 0 Å².